The van der Waals surface area contributed by atoms with E-state index in [0.29, 0.717) is 31.1 Å². The molecular formula is C20H30N2O2. The number of hydrogen-bond acceptors (Lipinski definition) is 3. The minimum Gasteiger partial charge on any atom is -0.381 e. The first kappa shape index (κ1) is 17.4. The number of amides is 1. The number of nitrogens with zero attached hydrogens (tertiary/aromatic N) is 2. The molecule has 1 aromatic rings. The maximum atomic E-state index is 13.6. The van der Waals surface area contributed by atoms with Crippen molar-refractivity contribution < 1.29 is 9.53 Å². The summed E-state index contributed by atoms with van der Waals surface area (Å²) in [5.74, 6) is 0.872. The molecule has 24 heavy (non-hydrogen) atoms. The van der Waals surface area contributed by atoms with E-state index in [9.17, 15) is 4.79 Å². The lowest BCUT2D eigenvalue weighted by atomic mass is 9.73. The van der Waals surface area contributed by atoms with E-state index in [0.717, 1.165) is 37.9 Å². The second-order valence-corrected chi connectivity index (χ2v) is 7.47. The molecule has 4 heteroatoms. The summed E-state index contributed by atoms with van der Waals surface area (Å²) >= 11 is 0. The number of likely N-dealkylation sites (tertiary alicyclic amines) is 1. The van der Waals surface area contributed by atoms with E-state index >= 15 is 0 Å². The van der Waals surface area contributed by atoms with Gasteiger partial charge in [-0.2, -0.15) is 0 Å². The predicted molar refractivity (Wildman–Crippen MR) is 96.0 cm³/mol. The molecule has 0 bridgehead atoms. The minimum absolute atomic E-state index is 0.305. The highest BCUT2D eigenvalue weighted by Gasteiger charge is 2.47. The van der Waals surface area contributed by atoms with Crippen LogP contribution in [0.4, 0.5) is 0 Å². The molecule has 2 heterocycles. The van der Waals surface area contributed by atoms with Crippen molar-refractivity contribution in [2.24, 2.45) is 5.92 Å². The number of benzene rings is 1. The maximum Gasteiger partial charge on any atom is 0.233 e. The van der Waals surface area contributed by atoms with Crippen molar-refractivity contribution in [3.05, 3.63) is 35.9 Å². The highest BCUT2D eigenvalue weighted by atomic mass is 16.5. The summed E-state index contributed by atoms with van der Waals surface area (Å²) in [4.78, 5) is 18.0. The van der Waals surface area contributed by atoms with Crippen LogP contribution in [0.5, 0.6) is 0 Å². The summed E-state index contributed by atoms with van der Waals surface area (Å²) in [6, 6.07) is 10.8. The molecule has 0 aromatic heterocycles. The molecule has 0 saturated carbocycles. The third kappa shape index (κ3) is 3.09. The molecule has 2 atom stereocenters. The summed E-state index contributed by atoms with van der Waals surface area (Å²) in [5, 5.41) is 0. The summed E-state index contributed by atoms with van der Waals surface area (Å²) in [5.41, 5.74) is 0.749. The number of carbonyl (C=O) groups excluding carboxylic acids is 1. The topological polar surface area (TPSA) is 32.8 Å². The molecule has 2 saturated heterocycles. The zero-order chi connectivity index (χ0) is 17.2. The Bertz CT molecular complexity index is 552. The number of likely N-dealkylation sites (N-methyl/N-ethyl adjacent to an activating group) is 1. The fourth-order valence-corrected chi connectivity index (χ4v) is 4.41. The van der Waals surface area contributed by atoms with Crippen LogP contribution in [0.2, 0.25) is 0 Å². The maximum absolute atomic E-state index is 13.6. The smallest absolute Gasteiger partial charge is 0.233 e. The predicted octanol–water partition coefficient (Wildman–Crippen LogP) is 2.53. The van der Waals surface area contributed by atoms with E-state index in [1.54, 1.807) is 0 Å². The average Bonchev–Trinajstić information content (AvgIpc) is 3.07. The fourth-order valence-electron chi connectivity index (χ4n) is 4.41. The summed E-state index contributed by atoms with van der Waals surface area (Å²) in [6.45, 7) is 5.30. The highest BCUT2D eigenvalue weighted by molar-refractivity contribution is 5.88. The molecule has 132 valence electrons. The zero-order valence-corrected chi connectivity index (χ0v) is 15.2. The van der Waals surface area contributed by atoms with Crippen LogP contribution in [0.1, 0.15) is 31.7 Å². The van der Waals surface area contributed by atoms with E-state index in [4.69, 9.17) is 4.74 Å². The van der Waals surface area contributed by atoms with Crippen molar-refractivity contribution in [3.63, 3.8) is 0 Å². The zero-order valence-electron chi connectivity index (χ0n) is 15.2. The average molecular weight is 330 g/mol. The van der Waals surface area contributed by atoms with Gasteiger partial charge in [-0.25, -0.2) is 0 Å². The van der Waals surface area contributed by atoms with Crippen LogP contribution in [0.25, 0.3) is 0 Å². The van der Waals surface area contributed by atoms with Gasteiger partial charge in [-0.3, -0.25) is 4.79 Å². The van der Waals surface area contributed by atoms with Gasteiger partial charge in [0, 0.05) is 32.3 Å². The van der Waals surface area contributed by atoms with Crippen LogP contribution < -0.4 is 0 Å². The summed E-state index contributed by atoms with van der Waals surface area (Å²) in [6.07, 6.45) is 2.69. The van der Waals surface area contributed by atoms with Crippen LogP contribution in [0.3, 0.4) is 0 Å². The number of rotatable bonds is 4. The Hall–Kier alpha value is -1.39. The van der Waals surface area contributed by atoms with Gasteiger partial charge < -0.3 is 14.5 Å². The minimum atomic E-state index is -0.404. The third-order valence-electron chi connectivity index (χ3n) is 5.96. The Morgan fingerprint density at radius 3 is 2.42 bits per heavy atom. The summed E-state index contributed by atoms with van der Waals surface area (Å²) in [7, 11) is 4.26. The molecular weight excluding hydrogens is 300 g/mol. The lowest BCUT2D eigenvalue weighted by Gasteiger charge is -2.39. The molecule has 3 rings (SSSR count). The van der Waals surface area contributed by atoms with Crippen molar-refractivity contribution in [2.75, 3.05) is 40.4 Å². The second kappa shape index (κ2) is 7.24. The van der Waals surface area contributed by atoms with E-state index < -0.39 is 5.41 Å². The lowest BCUT2D eigenvalue weighted by Crippen LogP contribution is -2.49. The molecule has 2 fully saturated rings. The first-order valence-corrected chi connectivity index (χ1v) is 9.17. The fraction of sp³-hybridized carbons (Fsp3) is 0.650. The van der Waals surface area contributed by atoms with Crippen LogP contribution in [-0.2, 0) is 14.9 Å². The number of carbonyl (C=O) groups is 1. The SMILES string of the molecule is CCC1CN(C(=O)C2(c3ccccc3)CCOCC2)CC1N(C)C. The normalized spacial score (nSPS) is 26.8. The van der Waals surface area contributed by atoms with Crippen LogP contribution in [-0.4, -0.2) is 62.1 Å². The van der Waals surface area contributed by atoms with Crippen molar-refractivity contribution in [1.82, 2.24) is 9.80 Å². The largest absolute Gasteiger partial charge is 0.381 e. The molecule has 1 aromatic carbocycles. The Kier molecular flexibility index (Phi) is 5.26. The first-order valence-electron chi connectivity index (χ1n) is 9.17. The molecule has 0 radical (unpaired) electrons. The van der Waals surface area contributed by atoms with Crippen molar-refractivity contribution in [2.45, 2.75) is 37.6 Å². The van der Waals surface area contributed by atoms with Gasteiger partial charge in [0.15, 0.2) is 0 Å². The van der Waals surface area contributed by atoms with Crippen LogP contribution in [0, 0.1) is 5.92 Å². The number of ether oxygens (including phenoxy) is 1. The van der Waals surface area contributed by atoms with E-state index in [2.05, 4.69) is 43.0 Å². The molecule has 0 aliphatic carbocycles. The Balaban J connectivity index is 1.88. The van der Waals surface area contributed by atoms with Gasteiger partial charge in [-0.15, -0.1) is 0 Å². The molecule has 4 nitrogen and oxygen atoms in total. The standard InChI is InChI=1S/C20H30N2O2/c1-4-16-14-22(15-18(16)21(2)3)19(23)20(10-12-24-13-11-20)17-8-6-5-7-9-17/h5-9,16,18H,4,10-15H2,1-3H3. The van der Waals surface area contributed by atoms with Gasteiger partial charge in [0.05, 0.1) is 5.41 Å². The number of hydrogen-bond donors (Lipinski definition) is 0. The highest BCUT2D eigenvalue weighted by Crippen LogP contribution is 2.38. The molecule has 1 amide bonds. The molecule has 2 aliphatic rings. The van der Waals surface area contributed by atoms with Gasteiger partial charge in [0.2, 0.25) is 5.91 Å². The monoisotopic (exact) mass is 330 g/mol. The van der Waals surface area contributed by atoms with E-state index in [1.807, 2.05) is 18.2 Å². The van der Waals surface area contributed by atoms with E-state index in [1.165, 1.54) is 0 Å². The Morgan fingerprint density at radius 1 is 1.21 bits per heavy atom. The van der Waals surface area contributed by atoms with Gasteiger partial charge in [-0.05, 0) is 38.4 Å². The quantitative estimate of drug-likeness (QED) is 0.850. The Morgan fingerprint density at radius 2 is 1.88 bits per heavy atom. The molecule has 0 N–H and O–H groups in total. The first-order chi connectivity index (χ1) is 11.6. The van der Waals surface area contributed by atoms with Crippen molar-refractivity contribution in [1.29, 1.82) is 0 Å². The van der Waals surface area contributed by atoms with Crippen molar-refractivity contribution >= 4 is 5.91 Å². The van der Waals surface area contributed by atoms with Gasteiger partial charge in [0.1, 0.15) is 0 Å². The lowest BCUT2D eigenvalue weighted by molar-refractivity contribution is -0.140. The molecule has 2 unspecified atom stereocenters. The molecule has 2 aliphatic heterocycles. The van der Waals surface area contributed by atoms with Gasteiger partial charge >= 0.3 is 0 Å². The second-order valence-electron chi connectivity index (χ2n) is 7.47. The molecule has 0 spiro atoms. The summed E-state index contributed by atoms with van der Waals surface area (Å²) < 4.78 is 5.58. The van der Waals surface area contributed by atoms with Gasteiger partial charge in [-0.1, -0.05) is 43.7 Å². The third-order valence-corrected chi connectivity index (χ3v) is 5.96. The Labute approximate surface area is 145 Å². The van der Waals surface area contributed by atoms with E-state index in [-0.39, 0.29) is 0 Å². The van der Waals surface area contributed by atoms with Crippen LogP contribution in [0.15, 0.2) is 30.3 Å². The van der Waals surface area contributed by atoms with Crippen LogP contribution >= 0.6 is 0 Å². The van der Waals surface area contributed by atoms with Crippen molar-refractivity contribution in [3.8, 4) is 0 Å². The van der Waals surface area contributed by atoms with Gasteiger partial charge in [0.25, 0.3) is 0 Å².